The Morgan fingerprint density at radius 2 is 1.19 bits per heavy atom. The van der Waals surface area contributed by atoms with E-state index in [1.54, 1.807) is 25.0 Å². The first-order valence-corrected chi connectivity index (χ1v) is 11.1. The van der Waals surface area contributed by atoms with Gasteiger partial charge in [-0.1, -0.05) is 24.3 Å². The van der Waals surface area contributed by atoms with Crippen molar-refractivity contribution in [3.05, 3.63) is 59.3 Å². The van der Waals surface area contributed by atoms with Crippen molar-refractivity contribution >= 4 is 44.8 Å². The van der Waals surface area contributed by atoms with Crippen LogP contribution in [0.4, 0.5) is 10.3 Å². The van der Waals surface area contributed by atoms with Crippen LogP contribution in [0.3, 0.4) is 0 Å². The van der Waals surface area contributed by atoms with Gasteiger partial charge >= 0.3 is 11.8 Å². The van der Waals surface area contributed by atoms with Gasteiger partial charge in [0.15, 0.2) is 10.3 Å². The van der Waals surface area contributed by atoms with Gasteiger partial charge in [-0.05, 0) is 24.3 Å². The molecule has 0 saturated heterocycles. The first-order valence-electron chi connectivity index (χ1n) is 9.38. The van der Waals surface area contributed by atoms with Gasteiger partial charge in [0.1, 0.15) is 11.5 Å². The zero-order chi connectivity index (χ0) is 22.5. The predicted molar refractivity (Wildman–Crippen MR) is 125 cm³/mol. The smallest absolute Gasteiger partial charge is 0.315 e. The molecular weight excluding hydrogens is 448 g/mol. The molecular formula is C22H18N4O4S2. The van der Waals surface area contributed by atoms with Crippen LogP contribution in [-0.2, 0) is 9.59 Å². The zero-order valence-corrected chi connectivity index (χ0v) is 18.8. The fourth-order valence-corrected chi connectivity index (χ4v) is 4.23. The number of benzene rings is 2. The second-order valence-corrected chi connectivity index (χ2v) is 8.16. The minimum atomic E-state index is -0.824. The summed E-state index contributed by atoms with van der Waals surface area (Å²) in [4.78, 5) is 33.4. The van der Waals surface area contributed by atoms with Crippen LogP contribution in [0.5, 0.6) is 11.5 Å². The number of aromatic nitrogens is 2. The molecule has 0 unspecified atom stereocenters. The van der Waals surface area contributed by atoms with Crippen molar-refractivity contribution in [2.24, 2.45) is 0 Å². The molecule has 10 heteroatoms. The number of hydrogen-bond donors (Lipinski definition) is 2. The van der Waals surface area contributed by atoms with Crippen molar-refractivity contribution in [3.63, 3.8) is 0 Å². The number of amides is 2. The predicted octanol–water partition coefficient (Wildman–Crippen LogP) is 4.53. The zero-order valence-electron chi connectivity index (χ0n) is 17.1. The molecule has 2 amide bonds. The average molecular weight is 467 g/mol. The van der Waals surface area contributed by atoms with Crippen molar-refractivity contribution in [1.82, 2.24) is 9.97 Å². The standard InChI is InChI=1S/C22H18N4O4S2/c1-29-15-7-3-5-13(9-15)17-11-31-21(23-17)25-19(27)20(28)26-22-24-18(12-32-22)14-6-4-8-16(10-14)30-2/h3-12H,1-2H3,(H,23,25,27)(H,24,26,28). The monoisotopic (exact) mass is 466 g/mol. The van der Waals surface area contributed by atoms with Gasteiger partial charge in [-0.2, -0.15) is 0 Å². The lowest BCUT2D eigenvalue weighted by Gasteiger charge is -2.03. The number of nitrogens with one attached hydrogen (secondary N) is 2. The molecule has 0 radical (unpaired) electrons. The second-order valence-electron chi connectivity index (χ2n) is 6.45. The molecule has 4 rings (SSSR count). The lowest BCUT2D eigenvalue weighted by Crippen LogP contribution is -2.28. The van der Waals surface area contributed by atoms with Crippen molar-refractivity contribution < 1.29 is 19.1 Å². The molecule has 2 heterocycles. The minimum Gasteiger partial charge on any atom is -0.497 e. The number of carbonyl (C=O) groups is 2. The van der Waals surface area contributed by atoms with E-state index in [2.05, 4.69) is 20.6 Å². The van der Waals surface area contributed by atoms with Crippen LogP contribution in [0, 0.1) is 0 Å². The lowest BCUT2D eigenvalue weighted by atomic mass is 10.2. The molecule has 0 aliphatic rings. The number of nitrogens with zero attached hydrogens (tertiary/aromatic N) is 2. The minimum absolute atomic E-state index is 0.319. The molecule has 2 aromatic carbocycles. The topological polar surface area (TPSA) is 102 Å². The highest BCUT2D eigenvalue weighted by Gasteiger charge is 2.18. The van der Waals surface area contributed by atoms with E-state index < -0.39 is 11.8 Å². The largest absolute Gasteiger partial charge is 0.497 e. The number of carbonyl (C=O) groups excluding carboxylic acids is 2. The number of methoxy groups -OCH3 is 2. The van der Waals surface area contributed by atoms with Crippen LogP contribution >= 0.6 is 22.7 Å². The van der Waals surface area contributed by atoms with E-state index in [-0.39, 0.29) is 0 Å². The molecule has 32 heavy (non-hydrogen) atoms. The van der Waals surface area contributed by atoms with Crippen LogP contribution in [0.15, 0.2) is 59.3 Å². The molecule has 0 atom stereocenters. The Morgan fingerprint density at radius 1 is 0.750 bits per heavy atom. The second kappa shape index (κ2) is 9.58. The summed E-state index contributed by atoms with van der Waals surface area (Å²) >= 11 is 2.45. The molecule has 0 bridgehead atoms. The van der Waals surface area contributed by atoms with E-state index in [9.17, 15) is 9.59 Å². The highest BCUT2D eigenvalue weighted by Crippen LogP contribution is 2.29. The molecule has 162 valence electrons. The van der Waals surface area contributed by atoms with Gasteiger partial charge in [-0.3, -0.25) is 20.2 Å². The maximum absolute atomic E-state index is 12.3. The number of anilines is 2. The van der Waals surface area contributed by atoms with Crippen LogP contribution in [0.25, 0.3) is 22.5 Å². The molecule has 0 aliphatic carbocycles. The fourth-order valence-electron chi connectivity index (χ4n) is 2.80. The summed E-state index contributed by atoms with van der Waals surface area (Å²) < 4.78 is 10.4. The van der Waals surface area contributed by atoms with Crippen LogP contribution in [0.1, 0.15) is 0 Å². The Balaban J connectivity index is 1.39. The molecule has 0 aliphatic heterocycles. The van der Waals surface area contributed by atoms with Crippen molar-refractivity contribution in [2.75, 3.05) is 24.9 Å². The van der Waals surface area contributed by atoms with E-state index in [0.29, 0.717) is 33.1 Å². The maximum atomic E-state index is 12.3. The molecule has 2 aromatic heterocycles. The number of hydrogen-bond acceptors (Lipinski definition) is 8. The molecule has 0 fully saturated rings. The van der Waals surface area contributed by atoms with Crippen molar-refractivity contribution in [1.29, 1.82) is 0 Å². The average Bonchev–Trinajstić information content (AvgIpc) is 3.49. The summed E-state index contributed by atoms with van der Waals surface area (Å²) in [5, 5.41) is 9.27. The summed E-state index contributed by atoms with van der Waals surface area (Å²) in [5.41, 5.74) is 3.04. The third kappa shape index (κ3) is 4.93. The Morgan fingerprint density at radius 3 is 1.59 bits per heavy atom. The number of rotatable bonds is 6. The summed E-state index contributed by atoms with van der Waals surface area (Å²) in [6, 6.07) is 14.8. The Hall–Kier alpha value is -3.76. The summed E-state index contributed by atoms with van der Waals surface area (Å²) in [6.07, 6.45) is 0. The van der Waals surface area contributed by atoms with E-state index in [1.807, 2.05) is 48.5 Å². The van der Waals surface area contributed by atoms with E-state index in [4.69, 9.17) is 9.47 Å². The quantitative estimate of drug-likeness (QED) is 0.405. The third-order valence-corrected chi connectivity index (χ3v) is 5.90. The Kier molecular flexibility index (Phi) is 6.43. The molecule has 0 spiro atoms. The van der Waals surface area contributed by atoms with E-state index in [1.165, 1.54) is 22.7 Å². The maximum Gasteiger partial charge on any atom is 0.315 e. The summed E-state index contributed by atoms with van der Waals surface area (Å²) in [7, 11) is 3.18. The highest BCUT2D eigenvalue weighted by molar-refractivity contribution is 7.14. The van der Waals surface area contributed by atoms with E-state index >= 15 is 0 Å². The molecule has 2 N–H and O–H groups in total. The normalized spacial score (nSPS) is 10.4. The summed E-state index contributed by atoms with van der Waals surface area (Å²) in [5.74, 6) is -0.237. The number of thiazole rings is 2. The Bertz CT molecular complexity index is 1170. The van der Waals surface area contributed by atoms with Gasteiger partial charge in [-0.25, -0.2) is 9.97 Å². The summed E-state index contributed by atoms with van der Waals surface area (Å²) in [6.45, 7) is 0. The number of ether oxygens (including phenoxy) is 2. The molecule has 4 aromatic rings. The van der Waals surface area contributed by atoms with Gasteiger partial charge in [0, 0.05) is 21.9 Å². The van der Waals surface area contributed by atoms with Crippen LogP contribution in [-0.4, -0.2) is 36.0 Å². The van der Waals surface area contributed by atoms with Gasteiger partial charge in [0.2, 0.25) is 0 Å². The van der Waals surface area contributed by atoms with E-state index in [0.717, 1.165) is 11.1 Å². The van der Waals surface area contributed by atoms with Crippen molar-refractivity contribution in [2.45, 2.75) is 0 Å². The lowest BCUT2D eigenvalue weighted by molar-refractivity contribution is -0.132. The van der Waals surface area contributed by atoms with Gasteiger partial charge in [0.05, 0.1) is 25.6 Å². The van der Waals surface area contributed by atoms with Gasteiger partial charge < -0.3 is 9.47 Å². The molecule has 0 saturated carbocycles. The third-order valence-electron chi connectivity index (χ3n) is 4.39. The first kappa shape index (κ1) is 21.5. The van der Waals surface area contributed by atoms with Crippen LogP contribution < -0.4 is 20.1 Å². The fraction of sp³-hybridized carbons (Fsp3) is 0.0909. The van der Waals surface area contributed by atoms with Gasteiger partial charge in [-0.15, -0.1) is 22.7 Å². The first-order chi connectivity index (χ1) is 15.6. The van der Waals surface area contributed by atoms with Gasteiger partial charge in [0.25, 0.3) is 0 Å². The molecule has 8 nitrogen and oxygen atoms in total. The van der Waals surface area contributed by atoms with Crippen molar-refractivity contribution in [3.8, 4) is 34.0 Å². The van der Waals surface area contributed by atoms with Crippen LogP contribution in [0.2, 0.25) is 0 Å². The highest BCUT2D eigenvalue weighted by atomic mass is 32.1. The Labute approximate surface area is 191 Å². The SMILES string of the molecule is COc1cccc(-c2csc(NC(=O)C(=O)Nc3nc(-c4cccc(OC)c4)cs3)n2)c1.